The minimum absolute atomic E-state index is 0.157. The van der Waals surface area contributed by atoms with Crippen LogP contribution in [0.5, 0.6) is 0 Å². The van der Waals surface area contributed by atoms with Crippen LogP contribution >= 0.6 is 12.2 Å². The number of amides is 1. The van der Waals surface area contributed by atoms with E-state index >= 15 is 0 Å². The Labute approximate surface area is 130 Å². The third-order valence-corrected chi connectivity index (χ3v) is 3.29. The van der Waals surface area contributed by atoms with Gasteiger partial charge in [0.05, 0.1) is 6.54 Å². The van der Waals surface area contributed by atoms with E-state index in [9.17, 15) is 13.6 Å². The summed E-state index contributed by atoms with van der Waals surface area (Å²) < 4.78 is 29.0. The van der Waals surface area contributed by atoms with E-state index in [1.807, 2.05) is 6.92 Å². The molecule has 8 heteroatoms. The second kappa shape index (κ2) is 7.08. The van der Waals surface area contributed by atoms with Crippen LogP contribution < -0.4 is 5.32 Å². The number of hydrogen-bond donors (Lipinski definition) is 2. The Kier molecular flexibility index (Phi) is 5.16. The summed E-state index contributed by atoms with van der Waals surface area (Å²) in [5.74, 6) is -1.36. The Morgan fingerprint density at radius 1 is 1.45 bits per heavy atom. The van der Waals surface area contributed by atoms with Gasteiger partial charge in [0.15, 0.2) is 10.6 Å². The van der Waals surface area contributed by atoms with Gasteiger partial charge in [-0.05, 0) is 37.4 Å². The predicted molar refractivity (Wildman–Crippen MR) is 80.3 cm³/mol. The van der Waals surface area contributed by atoms with Crippen molar-refractivity contribution < 1.29 is 13.6 Å². The highest BCUT2D eigenvalue weighted by Gasteiger charge is 2.07. The van der Waals surface area contributed by atoms with Crippen molar-refractivity contribution in [3.05, 3.63) is 52.1 Å². The van der Waals surface area contributed by atoms with Crippen LogP contribution in [0.25, 0.3) is 6.08 Å². The lowest BCUT2D eigenvalue weighted by Crippen LogP contribution is -2.22. The molecule has 0 aliphatic carbocycles. The first-order chi connectivity index (χ1) is 10.5. The molecule has 0 atom stereocenters. The maximum absolute atomic E-state index is 13.4. The molecule has 2 rings (SSSR count). The van der Waals surface area contributed by atoms with Crippen LogP contribution in [0.2, 0.25) is 0 Å². The number of hydrogen-bond acceptors (Lipinski definition) is 3. The Morgan fingerprint density at radius 3 is 2.77 bits per heavy atom. The van der Waals surface area contributed by atoms with E-state index in [-0.39, 0.29) is 12.1 Å². The Hall–Kier alpha value is -2.35. The summed E-state index contributed by atoms with van der Waals surface area (Å²) in [7, 11) is 0. The van der Waals surface area contributed by atoms with Gasteiger partial charge < -0.3 is 9.88 Å². The average Bonchev–Trinajstić information content (AvgIpc) is 2.84. The summed E-state index contributed by atoms with van der Waals surface area (Å²) in [5.41, 5.74) is -0.256. The molecule has 2 aromatic rings. The lowest BCUT2D eigenvalue weighted by atomic mass is 10.2. The second-order valence-corrected chi connectivity index (χ2v) is 4.76. The third kappa shape index (κ3) is 3.64. The average molecular weight is 324 g/mol. The van der Waals surface area contributed by atoms with Gasteiger partial charge in [0.2, 0.25) is 5.91 Å². The number of rotatable bonds is 5. The Bertz CT molecular complexity index is 746. The molecule has 0 fully saturated rings. The highest BCUT2D eigenvalue weighted by molar-refractivity contribution is 7.71. The van der Waals surface area contributed by atoms with E-state index in [1.165, 1.54) is 6.07 Å². The SMILES string of the molecule is CCn1c(CNC(=O)/C=C/c2c(F)cccc2F)n[nH]c1=S. The smallest absolute Gasteiger partial charge is 0.244 e. The molecule has 1 heterocycles. The molecule has 0 aliphatic rings. The summed E-state index contributed by atoms with van der Waals surface area (Å²) in [4.78, 5) is 11.7. The quantitative estimate of drug-likeness (QED) is 0.656. The number of aromatic amines is 1. The predicted octanol–water partition coefficient (Wildman–Crippen LogP) is 2.57. The lowest BCUT2D eigenvalue weighted by molar-refractivity contribution is -0.116. The van der Waals surface area contributed by atoms with Crippen molar-refractivity contribution in [2.24, 2.45) is 0 Å². The van der Waals surface area contributed by atoms with Crippen LogP contribution in [0.15, 0.2) is 24.3 Å². The standard InChI is InChI=1S/C14H14F2N4OS/c1-2-20-12(18-19-14(20)22)8-17-13(21)7-6-9-10(15)4-3-5-11(9)16/h3-7H,2,8H2,1H3,(H,17,21)(H,19,22)/b7-6+. The monoisotopic (exact) mass is 324 g/mol. The number of H-pyrrole nitrogens is 1. The second-order valence-electron chi connectivity index (χ2n) is 4.38. The van der Waals surface area contributed by atoms with Gasteiger partial charge in [-0.3, -0.25) is 9.89 Å². The van der Waals surface area contributed by atoms with Crippen molar-refractivity contribution in [2.75, 3.05) is 0 Å². The van der Waals surface area contributed by atoms with Crippen molar-refractivity contribution in [3.63, 3.8) is 0 Å². The molecule has 0 unspecified atom stereocenters. The van der Waals surface area contributed by atoms with Crippen molar-refractivity contribution in [1.82, 2.24) is 20.1 Å². The molecule has 2 N–H and O–H groups in total. The van der Waals surface area contributed by atoms with E-state index in [0.717, 1.165) is 24.3 Å². The summed E-state index contributed by atoms with van der Waals surface area (Å²) in [6.07, 6.45) is 2.16. The van der Waals surface area contributed by atoms with E-state index in [4.69, 9.17) is 12.2 Å². The fourth-order valence-electron chi connectivity index (χ4n) is 1.87. The number of aromatic nitrogens is 3. The van der Waals surface area contributed by atoms with Crippen LogP contribution in [0.3, 0.4) is 0 Å². The van der Waals surface area contributed by atoms with E-state index in [1.54, 1.807) is 4.57 Å². The number of nitrogens with zero attached hydrogens (tertiary/aromatic N) is 2. The Balaban J connectivity index is 2.01. The first kappa shape index (κ1) is 16.0. The van der Waals surface area contributed by atoms with Gasteiger partial charge in [0.25, 0.3) is 0 Å². The van der Waals surface area contributed by atoms with Crippen LogP contribution in [-0.4, -0.2) is 20.7 Å². The van der Waals surface area contributed by atoms with Crippen LogP contribution in [0.4, 0.5) is 8.78 Å². The van der Waals surface area contributed by atoms with Gasteiger partial charge in [0.1, 0.15) is 11.6 Å². The van der Waals surface area contributed by atoms with Gasteiger partial charge in [-0.25, -0.2) is 8.78 Å². The van der Waals surface area contributed by atoms with E-state index < -0.39 is 17.5 Å². The number of nitrogens with one attached hydrogen (secondary N) is 2. The normalized spacial score (nSPS) is 11.0. The van der Waals surface area contributed by atoms with Crippen molar-refractivity contribution in [1.29, 1.82) is 0 Å². The zero-order valence-electron chi connectivity index (χ0n) is 11.8. The molecule has 0 saturated heterocycles. The first-order valence-corrected chi connectivity index (χ1v) is 6.97. The molecule has 0 bridgehead atoms. The molecule has 0 radical (unpaired) electrons. The molecule has 0 spiro atoms. The van der Waals surface area contributed by atoms with Crippen molar-refractivity contribution in [3.8, 4) is 0 Å². The maximum Gasteiger partial charge on any atom is 0.244 e. The first-order valence-electron chi connectivity index (χ1n) is 6.57. The number of benzene rings is 1. The summed E-state index contributed by atoms with van der Waals surface area (Å²) >= 11 is 5.03. The topological polar surface area (TPSA) is 62.7 Å². The van der Waals surface area contributed by atoms with E-state index in [2.05, 4.69) is 15.5 Å². The zero-order valence-corrected chi connectivity index (χ0v) is 12.6. The van der Waals surface area contributed by atoms with Crippen LogP contribution in [0, 0.1) is 16.4 Å². The molecule has 1 amide bonds. The molecule has 0 saturated carbocycles. The summed E-state index contributed by atoms with van der Waals surface area (Å²) in [5, 5.41) is 9.20. The van der Waals surface area contributed by atoms with Gasteiger partial charge in [-0.1, -0.05) is 6.07 Å². The number of carbonyl (C=O) groups excluding carboxylic acids is 1. The molecule has 22 heavy (non-hydrogen) atoms. The fourth-order valence-corrected chi connectivity index (χ4v) is 2.15. The minimum atomic E-state index is -0.726. The molecule has 5 nitrogen and oxygen atoms in total. The number of carbonyl (C=O) groups is 1. The van der Waals surface area contributed by atoms with Crippen molar-refractivity contribution in [2.45, 2.75) is 20.0 Å². The molecule has 116 valence electrons. The van der Waals surface area contributed by atoms with Gasteiger partial charge >= 0.3 is 0 Å². The minimum Gasteiger partial charge on any atom is -0.345 e. The maximum atomic E-state index is 13.4. The summed E-state index contributed by atoms with van der Waals surface area (Å²) in [6, 6.07) is 3.51. The van der Waals surface area contributed by atoms with Crippen LogP contribution in [-0.2, 0) is 17.9 Å². The molecule has 1 aromatic carbocycles. The number of halogens is 2. The fraction of sp³-hybridized carbons (Fsp3) is 0.214. The third-order valence-electron chi connectivity index (χ3n) is 2.98. The zero-order chi connectivity index (χ0) is 16.1. The Morgan fingerprint density at radius 2 is 2.14 bits per heavy atom. The van der Waals surface area contributed by atoms with E-state index in [0.29, 0.717) is 17.1 Å². The molecule has 1 aromatic heterocycles. The largest absolute Gasteiger partial charge is 0.345 e. The van der Waals surface area contributed by atoms with Gasteiger partial charge in [-0.2, -0.15) is 5.10 Å². The van der Waals surface area contributed by atoms with Gasteiger partial charge in [0, 0.05) is 18.2 Å². The molecule has 0 aliphatic heterocycles. The van der Waals surface area contributed by atoms with Gasteiger partial charge in [-0.15, -0.1) is 0 Å². The molecular weight excluding hydrogens is 310 g/mol. The lowest BCUT2D eigenvalue weighted by Gasteiger charge is -2.04. The molecular formula is C14H14F2N4OS. The summed E-state index contributed by atoms with van der Waals surface area (Å²) in [6.45, 7) is 2.68. The highest BCUT2D eigenvalue weighted by atomic mass is 32.1. The van der Waals surface area contributed by atoms with Crippen LogP contribution in [0.1, 0.15) is 18.3 Å². The van der Waals surface area contributed by atoms with Crippen molar-refractivity contribution >= 4 is 24.2 Å². The highest BCUT2D eigenvalue weighted by Crippen LogP contribution is 2.13.